The number of furan rings is 1. The van der Waals surface area contributed by atoms with Crippen molar-refractivity contribution in [3.05, 3.63) is 241 Å². The Balaban J connectivity index is 0.903. The van der Waals surface area contributed by atoms with Gasteiger partial charge in [-0.2, -0.15) is 0 Å². The minimum atomic E-state index is -0.412. The molecule has 3 heterocycles. The first kappa shape index (κ1) is 35.9. The van der Waals surface area contributed by atoms with Crippen molar-refractivity contribution in [3.63, 3.8) is 0 Å². The first-order chi connectivity index (χ1) is 31.2. The molecule has 0 fully saturated rings. The maximum atomic E-state index is 6.39. The van der Waals surface area contributed by atoms with Crippen LogP contribution in [0.15, 0.2) is 233 Å². The van der Waals surface area contributed by atoms with Gasteiger partial charge in [0.2, 0.25) is 0 Å². The third kappa shape index (κ3) is 5.48. The van der Waals surface area contributed by atoms with Crippen LogP contribution in [0.5, 0.6) is 0 Å². The van der Waals surface area contributed by atoms with Gasteiger partial charge in [-0.15, -0.1) is 0 Å². The molecule has 0 bridgehead atoms. The fourth-order valence-corrected chi connectivity index (χ4v) is 11.5. The van der Waals surface area contributed by atoms with Crippen LogP contribution in [-0.4, -0.2) is 9.97 Å². The lowest BCUT2D eigenvalue weighted by atomic mass is 9.67. The predicted octanol–water partition coefficient (Wildman–Crippen LogP) is 15.5. The van der Waals surface area contributed by atoms with Gasteiger partial charge in [0, 0.05) is 42.8 Å². The number of rotatable bonds is 5. The number of benzene rings is 9. The Hall–Kier alpha value is -7.79. The Morgan fingerprint density at radius 1 is 0.365 bits per heavy atom. The largest absolute Gasteiger partial charge is 0.455 e. The average Bonchev–Trinajstić information content (AvgIpc) is 3.88. The standard InChI is InChI=1S/C59H36N2OS/c1-2-14-41(15-3-1)58-60-52(39-32-28-37(29-33-39)42-19-12-21-47-46-18-6-10-26-54(46)62-56(42)47)36-53(61-58)40-34-30-38(31-35-40)43-20-13-25-51-57(43)63-55-27-11-9-24-50(55)59(51)48-22-7-4-16-44(48)45-17-5-8-23-49(45)59/h1-36H. The molecular formula is C59H36N2OS. The Bertz CT molecular complexity index is 3540. The molecule has 1 aliphatic carbocycles. The summed E-state index contributed by atoms with van der Waals surface area (Å²) in [5.41, 5.74) is 18.7. The predicted molar refractivity (Wildman–Crippen MR) is 258 cm³/mol. The molecule has 1 aliphatic heterocycles. The van der Waals surface area contributed by atoms with Crippen LogP contribution in [0.4, 0.5) is 0 Å². The van der Waals surface area contributed by atoms with Crippen molar-refractivity contribution >= 4 is 33.7 Å². The van der Waals surface area contributed by atoms with E-state index in [1.165, 1.54) is 54.3 Å². The quantitative estimate of drug-likeness (QED) is 0.173. The summed E-state index contributed by atoms with van der Waals surface area (Å²) >= 11 is 1.89. The highest BCUT2D eigenvalue weighted by atomic mass is 32.2. The SMILES string of the molecule is c1ccc(-c2nc(-c3ccc(-c4cccc5c4Sc4ccccc4C54c5ccccc5-c5ccccc54)cc3)cc(-c3ccc(-c4cccc5c4oc4ccccc45)cc3)n2)cc1. The fraction of sp³-hybridized carbons (Fsp3) is 0.0169. The van der Waals surface area contributed by atoms with Gasteiger partial charge in [-0.3, -0.25) is 0 Å². The van der Waals surface area contributed by atoms with Crippen molar-refractivity contribution in [1.82, 2.24) is 9.97 Å². The minimum Gasteiger partial charge on any atom is -0.455 e. The van der Waals surface area contributed by atoms with E-state index in [1.54, 1.807) is 0 Å². The Morgan fingerprint density at radius 2 is 0.873 bits per heavy atom. The van der Waals surface area contributed by atoms with Crippen LogP contribution in [0, 0.1) is 0 Å². The van der Waals surface area contributed by atoms with E-state index in [9.17, 15) is 0 Å². The highest BCUT2D eigenvalue weighted by Crippen LogP contribution is 2.63. The molecule has 13 rings (SSSR count). The van der Waals surface area contributed by atoms with E-state index in [0.29, 0.717) is 5.82 Å². The van der Waals surface area contributed by atoms with Gasteiger partial charge in [0.25, 0.3) is 0 Å². The zero-order valence-electron chi connectivity index (χ0n) is 34.0. The second-order valence-corrected chi connectivity index (χ2v) is 17.4. The van der Waals surface area contributed by atoms with Gasteiger partial charge in [0.1, 0.15) is 11.2 Å². The van der Waals surface area contributed by atoms with Gasteiger partial charge >= 0.3 is 0 Å². The van der Waals surface area contributed by atoms with E-state index in [2.05, 4.69) is 188 Å². The highest BCUT2D eigenvalue weighted by molar-refractivity contribution is 7.99. The number of hydrogen-bond donors (Lipinski definition) is 0. The summed E-state index contributed by atoms with van der Waals surface area (Å²) in [6, 6.07) is 78.4. The lowest BCUT2D eigenvalue weighted by Crippen LogP contribution is -2.32. The molecule has 3 nitrogen and oxygen atoms in total. The van der Waals surface area contributed by atoms with Crippen molar-refractivity contribution in [2.75, 3.05) is 0 Å². The first-order valence-corrected chi connectivity index (χ1v) is 22.2. The number of fused-ring (bicyclic) bond motifs is 12. The molecule has 0 amide bonds. The van der Waals surface area contributed by atoms with Crippen molar-refractivity contribution in [3.8, 4) is 67.3 Å². The minimum absolute atomic E-state index is 0.412. The molecule has 4 heteroatoms. The Morgan fingerprint density at radius 3 is 1.59 bits per heavy atom. The van der Waals surface area contributed by atoms with Crippen LogP contribution in [0.1, 0.15) is 22.3 Å². The lowest BCUT2D eigenvalue weighted by Gasteiger charge is -2.40. The van der Waals surface area contributed by atoms with E-state index in [-0.39, 0.29) is 0 Å². The van der Waals surface area contributed by atoms with Crippen LogP contribution in [0.3, 0.4) is 0 Å². The average molecular weight is 821 g/mol. The van der Waals surface area contributed by atoms with Crippen LogP contribution >= 0.6 is 11.8 Å². The van der Waals surface area contributed by atoms with Gasteiger partial charge in [-0.05, 0) is 68.3 Å². The summed E-state index contributed by atoms with van der Waals surface area (Å²) < 4.78 is 6.39. The summed E-state index contributed by atoms with van der Waals surface area (Å²) in [4.78, 5) is 12.9. The van der Waals surface area contributed by atoms with E-state index in [0.717, 1.165) is 61.1 Å². The van der Waals surface area contributed by atoms with E-state index in [4.69, 9.17) is 14.4 Å². The summed E-state index contributed by atoms with van der Waals surface area (Å²) in [7, 11) is 0. The van der Waals surface area contributed by atoms with Gasteiger partial charge in [-0.25, -0.2) is 9.97 Å². The van der Waals surface area contributed by atoms with Crippen LogP contribution in [-0.2, 0) is 5.41 Å². The molecule has 0 atom stereocenters. The van der Waals surface area contributed by atoms with Crippen molar-refractivity contribution < 1.29 is 4.42 Å². The van der Waals surface area contributed by atoms with Crippen molar-refractivity contribution in [2.24, 2.45) is 0 Å². The van der Waals surface area contributed by atoms with Crippen LogP contribution < -0.4 is 0 Å². The maximum Gasteiger partial charge on any atom is 0.160 e. The third-order valence-corrected chi connectivity index (χ3v) is 14.2. The molecule has 0 N–H and O–H groups in total. The number of hydrogen-bond acceptors (Lipinski definition) is 4. The second kappa shape index (κ2) is 14.1. The molecule has 1 spiro atoms. The summed E-state index contributed by atoms with van der Waals surface area (Å²) in [5, 5.41) is 2.25. The molecule has 0 saturated carbocycles. The maximum absolute atomic E-state index is 6.39. The molecule has 2 aromatic heterocycles. The first-order valence-electron chi connectivity index (χ1n) is 21.4. The Labute approximate surface area is 369 Å². The lowest BCUT2D eigenvalue weighted by molar-refractivity contribution is 0.670. The smallest absolute Gasteiger partial charge is 0.160 e. The fourth-order valence-electron chi connectivity index (χ4n) is 10.2. The zero-order chi connectivity index (χ0) is 41.5. The highest BCUT2D eigenvalue weighted by Gasteiger charge is 2.50. The van der Waals surface area contributed by atoms with Crippen molar-refractivity contribution in [2.45, 2.75) is 15.2 Å². The molecule has 0 radical (unpaired) electrons. The van der Waals surface area contributed by atoms with Crippen molar-refractivity contribution in [1.29, 1.82) is 0 Å². The molecule has 0 unspecified atom stereocenters. The summed E-state index contributed by atoms with van der Waals surface area (Å²) in [6.45, 7) is 0. The summed E-state index contributed by atoms with van der Waals surface area (Å²) in [6.07, 6.45) is 0. The molecular weight excluding hydrogens is 785 g/mol. The second-order valence-electron chi connectivity index (χ2n) is 16.4. The molecule has 0 saturated heterocycles. The van der Waals surface area contributed by atoms with Gasteiger partial charge in [0.15, 0.2) is 5.82 Å². The molecule has 9 aromatic carbocycles. The van der Waals surface area contributed by atoms with Gasteiger partial charge in [0.05, 0.1) is 16.8 Å². The monoisotopic (exact) mass is 820 g/mol. The molecule has 63 heavy (non-hydrogen) atoms. The number of nitrogens with zero attached hydrogens (tertiary/aromatic N) is 2. The molecule has 2 aliphatic rings. The third-order valence-electron chi connectivity index (χ3n) is 13.0. The van der Waals surface area contributed by atoms with E-state index in [1.807, 2.05) is 42.1 Å². The molecule has 294 valence electrons. The van der Waals surface area contributed by atoms with E-state index >= 15 is 0 Å². The number of aromatic nitrogens is 2. The summed E-state index contributed by atoms with van der Waals surface area (Å²) in [5.74, 6) is 0.693. The number of para-hydroxylation sites is 2. The topological polar surface area (TPSA) is 38.9 Å². The normalized spacial score (nSPS) is 13.1. The van der Waals surface area contributed by atoms with Crippen LogP contribution in [0.2, 0.25) is 0 Å². The van der Waals surface area contributed by atoms with Gasteiger partial charge < -0.3 is 4.42 Å². The Kier molecular flexibility index (Phi) is 8.06. The molecule has 11 aromatic rings. The van der Waals surface area contributed by atoms with E-state index < -0.39 is 5.41 Å². The zero-order valence-corrected chi connectivity index (χ0v) is 34.8. The van der Waals surface area contributed by atoms with Crippen LogP contribution in [0.25, 0.3) is 89.2 Å². The van der Waals surface area contributed by atoms with Gasteiger partial charge in [-0.1, -0.05) is 212 Å².